The second-order valence-corrected chi connectivity index (χ2v) is 7.53. The lowest BCUT2D eigenvalue weighted by Gasteiger charge is -2.38. The zero-order chi connectivity index (χ0) is 19.7. The van der Waals surface area contributed by atoms with Crippen LogP contribution in [0.15, 0.2) is 54.6 Å². The number of carboxylic acid groups (broad SMARTS) is 1. The van der Waals surface area contributed by atoms with Crippen LogP contribution in [0.25, 0.3) is 0 Å². The summed E-state index contributed by atoms with van der Waals surface area (Å²) in [6.07, 6.45) is 5.41. The number of rotatable bonds is 5. The first kappa shape index (κ1) is 18.3. The molecule has 1 amide bonds. The number of carbonyl (C=O) groups excluding carboxylic acids is 1. The normalized spacial score (nSPS) is 22.1. The maximum Gasteiger partial charge on any atom is 0.305 e. The lowest BCUT2D eigenvalue weighted by atomic mass is 9.76. The van der Waals surface area contributed by atoms with E-state index in [0.717, 1.165) is 17.7 Å². The Labute approximate surface area is 164 Å². The minimum Gasteiger partial charge on any atom is -0.481 e. The molecular formula is C23H24N2O3. The van der Waals surface area contributed by atoms with Gasteiger partial charge in [0.1, 0.15) is 0 Å². The molecule has 4 rings (SSSR count). The van der Waals surface area contributed by atoms with Crippen molar-refractivity contribution < 1.29 is 14.7 Å². The van der Waals surface area contributed by atoms with Gasteiger partial charge in [-0.15, -0.1) is 0 Å². The number of carbonyl (C=O) groups is 2. The number of anilines is 1. The highest BCUT2D eigenvalue weighted by Crippen LogP contribution is 2.50. The molecule has 0 bridgehead atoms. The number of nitrogens with one attached hydrogen (secondary N) is 2. The molecule has 2 aliphatic rings. The zero-order valence-corrected chi connectivity index (χ0v) is 15.8. The number of aliphatic carboxylic acids is 1. The first-order chi connectivity index (χ1) is 13.5. The molecule has 3 N–H and O–H groups in total. The molecule has 0 radical (unpaired) electrons. The Bertz CT molecular complexity index is 951. The van der Waals surface area contributed by atoms with Gasteiger partial charge >= 0.3 is 5.97 Å². The molecule has 0 saturated carbocycles. The molecule has 5 nitrogen and oxygen atoms in total. The van der Waals surface area contributed by atoms with Gasteiger partial charge in [-0.2, -0.15) is 0 Å². The van der Waals surface area contributed by atoms with Crippen LogP contribution in [0.5, 0.6) is 0 Å². The van der Waals surface area contributed by atoms with E-state index < -0.39 is 5.97 Å². The highest BCUT2D eigenvalue weighted by atomic mass is 16.4. The average Bonchev–Trinajstić information content (AvgIpc) is 3.17. The Hall–Kier alpha value is -3.08. The molecule has 0 spiro atoms. The molecule has 0 unspecified atom stereocenters. The van der Waals surface area contributed by atoms with Gasteiger partial charge in [0.05, 0.1) is 12.5 Å². The second-order valence-electron chi connectivity index (χ2n) is 7.53. The fourth-order valence-electron chi connectivity index (χ4n) is 4.36. The van der Waals surface area contributed by atoms with Crippen LogP contribution in [-0.2, 0) is 4.79 Å². The zero-order valence-electron chi connectivity index (χ0n) is 15.8. The molecule has 1 heterocycles. The van der Waals surface area contributed by atoms with Crippen molar-refractivity contribution >= 4 is 17.6 Å². The van der Waals surface area contributed by atoms with E-state index >= 15 is 0 Å². The standard InChI is InChI=1S/C23H24N2O3/c1-14-5-2-3-6-16(14)22-18-8-4-7-17(18)19-13-15(9-10-20(19)25-22)23(28)24-12-11-21(26)27/h2-7,9-10,13,17-18,22,25H,8,11-12H2,1H3,(H,24,28)(H,26,27)/t17-,18+,22-/m0/s1. The van der Waals surface area contributed by atoms with Gasteiger partial charge in [-0.05, 0) is 54.2 Å². The van der Waals surface area contributed by atoms with E-state index in [9.17, 15) is 9.59 Å². The number of hydrogen-bond donors (Lipinski definition) is 3. The third-order valence-electron chi connectivity index (χ3n) is 5.77. The molecule has 28 heavy (non-hydrogen) atoms. The van der Waals surface area contributed by atoms with E-state index in [1.54, 1.807) is 6.07 Å². The van der Waals surface area contributed by atoms with Crippen molar-refractivity contribution in [2.45, 2.75) is 31.7 Å². The number of aryl methyl sites for hydroxylation is 1. The smallest absolute Gasteiger partial charge is 0.305 e. The van der Waals surface area contributed by atoms with E-state index in [2.05, 4.69) is 54.0 Å². The van der Waals surface area contributed by atoms with Gasteiger partial charge in [-0.25, -0.2) is 0 Å². The summed E-state index contributed by atoms with van der Waals surface area (Å²) < 4.78 is 0. The van der Waals surface area contributed by atoms with Crippen molar-refractivity contribution in [3.05, 3.63) is 76.9 Å². The summed E-state index contributed by atoms with van der Waals surface area (Å²) in [6.45, 7) is 2.28. The molecule has 2 aromatic carbocycles. The molecule has 2 aromatic rings. The Morgan fingerprint density at radius 3 is 2.79 bits per heavy atom. The number of hydrogen-bond acceptors (Lipinski definition) is 3. The number of carboxylic acids is 1. The van der Waals surface area contributed by atoms with Crippen molar-refractivity contribution in [3.8, 4) is 0 Å². The van der Waals surface area contributed by atoms with Crippen LogP contribution in [0.2, 0.25) is 0 Å². The van der Waals surface area contributed by atoms with Gasteiger partial charge < -0.3 is 15.7 Å². The SMILES string of the molecule is Cc1ccccc1[C@@H]1Nc2ccc(C(=O)NCCC(=O)O)cc2[C@H]2C=CC[C@H]21. The highest BCUT2D eigenvalue weighted by molar-refractivity contribution is 5.95. The van der Waals surface area contributed by atoms with E-state index in [4.69, 9.17) is 5.11 Å². The Kier molecular flexibility index (Phi) is 4.90. The molecule has 0 aromatic heterocycles. The van der Waals surface area contributed by atoms with Crippen molar-refractivity contribution in [1.29, 1.82) is 0 Å². The lowest BCUT2D eigenvalue weighted by molar-refractivity contribution is -0.136. The van der Waals surface area contributed by atoms with E-state index in [1.165, 1.54) is 11.1 Å². The van der Waals surface area contributed by atoms with Crippen LogP contribution in [0.1, 0.15) is 51.8 Å². The number of allylic oxidation sites excluding steroid dienone is 2. The van der Waals surface area contributed by atoms with Crippen molar-refractivity contribution in [1.82, 2.24) is 5.32 Å². The summed E-state index contributed by atoms with van der Waals surface area (Å²) in [4.78, 5) is 23.0. The van der Waals surface area contributed by atoms with Crippen LogP contribution >= 0.6 is 0 Å². The van der Waals surface area contributed by atoms with E-state index in [1.807, 2.05) is 12.1 Å². The van der Waals surface area contributed by atoms with Crippen LogP contribution in [0.4, 0.5) is 5.69 Å². The van der Waals surface area contributed by atoms with Gasteiger partial charge in [0.25, 0.3) is 5.91 Å². The van der Waals surface area contributed by atoms with Crippen LogP contribution in [0, 0.1) is 12.8 Å². The molecule has 1 aliphatic carbocycles. The highest BCUT2D eigenvalue weighted by Gasteiger charge is 2.38. The summed E-state index contributed by atoms with van der Waals surface area (Å²) in [6, 6.07) is 14.4. The first-order valence-corrected chi connectivity index (χ1v) is 9.67. The largest absolute Gasteiger partial charge is 0.481 e. The van der Waals surface area contributed by atoms with Gasteiger partial charge in [-0.3, -0.25) is 9.59 Å². The predicted molar refractivity (Wildman–Crippen MR) is 109 cm³/mol. The van der Waals surface area contributed by atoms with Crippen LogP contribution < -0.4 is 10.6 Å². The maximum absolute atomic E-state index is 12.4. The van der Waals surface area contributed by atoms with E-state index in [0.29, 0.717) is 11.5 Å². The monoisotopic (exact) mass is 376 g/mol. The summed E-state index contributed by atoms with van der Waals surface area (Å²) >= 11 is 0. The van der Waals surface area contributed by atoms with Crippen molar-refractivity contribution in [2.75, 3.05) is 11.9 Å². The molecule has 0 fully saturated rings. The summed E-state index contributed by atoms with van der Waals surface area (Å²) in [5.74, 6) is -0.466. The van der Waals surface area contributed by atoms with Gasteiger partial charge in [0, 0.05) is 23.7 Å². The summed E-state index contributed by atoms with van der Waals surface area (Å²) in [5, 5.41) is 15.1. The minimum atomic E-state index is -0.920. The van der Waals surface area contributed by atoms with Crippen LogP contribution in [-0.4, -0.2) is 23.5 Å². The van der Waals surface area contributed by atoms with Crippen LogP contribution in [0.3, 0.4) is 0 Å². The second kappa shape index (κ2) is 7.50. The Morgan fingerprint density at radius 2 is 2.00 bits per heavy atom. The maximum atomic E-state index is 12.4. The molecular weight excluding hydrogens is 352 g/mol. The lowest BCUT2D eigenvalue weighted by Crippen LogP contribution is -2.30. The third-order valence-corrected chi connectivity index (χ3v) is 5.77. The van der Waals surface area contributed by atoms with Gasteiger partial charge in [0.2, 0.25) is 0 Å². The fourth-order valence-corrected chi connectivity index (χ4v) is 4.36. The molecule has 0 saturated heterocycles. The topological polar surface area (TPSA) is 78.4 Å². The Morgan fingerprint density at radius 1 is 1.18 bits per heavy atom. The molecule has 1 aliphatic heterocycles. The molecule has 5 heteroatoms. The third kappa shape index (κ3) is 3.40. The first-order valence-electron chi connectivity index (χ1n) is 9.67. The predicted octanol–water partition coefficient (Wildman–Crippen LogP) is 4.03. The average molecular weight is 376 g/mol. The minimum absolute atomic E-state index is 0.0796. The Balaban J connectivity index is 1.61. The van der Waals surface area contributed by atoms with Crippen molar-refractivity contribution in [3.63, 3.8) is 0 Å². The summed E-state index contributed by atoms with van der Waals surface area (Å²) in [7, 11) is 0. The number of fused-ring (bicyclic) bond motifs is 3. The fraction of sp³-hybridized carbons (Fsp3) is 0.304. The quantitative estimate of drug-likeness (QED) is 0.689. The van der Waals surface area contributed by atoms with E-state index in [-0.39, 0.29) is 30.8 Å². The summed E-state index contributed by atoms with van der Waals surface area (Å²) in [5.41, 5.74) is 5.36. The molecule has 144 valence electrons. The molecule has 3 atom stereocenters. The number of amides is 1. The number of benzene rings is 2. The van der Waals surface area contributed by atoms with Gasteiger partial charge in [0.15, 0.2) is 0 Å². The van der Waals surface area contributed by atoms with Crippen molar-refractivity contribution in [2.24, 2.45) is 5.92 Å². The van der Waals surface area contributed by atoms with Gasteiger partial charge in [-0.1, -0.05) is 36.4 Å².